The molecule has 2 amide bonds. The van der Waals surface area contributed by atoms with Crippen LogP contribution < -0.4 is 10.2 Å². The predicted octanol–water partition coefficient (Wildman–Crippen LogP) is 7.33. The normalized spacial score (nSPS) is 14.0. The van der Waals surface area contributed by atoms with Crippen LogP contribution in [0.2, 0.25) is 0 Å². The number of piperazine rings is 1. The Balaban J connectivity index is 1.01. The smallest absolute Gasteiger partial charge is 0.416 e. The molecule has 7 nitrogen and oxygen atoms in total. The summed E-state index contributed by atoms with van der Waals surface area (Å²) < 4.78 is 50.4. The molecule has 0 radical (unpaired) electrons. The monoisotopic (exact) mass is 585 g/mol. The Labute approximate surface area is 244 Å². The lowest BCUT2D eigenvalue weighted by Crippen LogP contribution is -2.48. The lowest BCUT2D eigenvalue weighted by Gasteiger charge is -2.35. The number of nitrogens with zero attached hydrogens (tertiary/aromatic N) is 2. The molecule has 0 saturated carbocycles. The molecule has 1 aliphatic rings. The van der Waals surface area contributed by atoms with E-state index in [0.29, 0.717) is 54.5 Å². The number of carbonyl (C=O) groups is 2. The van der Waals surface area contributed by atoms with Crippen LogP contribution in [0.25, 0.3) is 28.4 Å². The van der Waals surface area contributed by atoms with Gasteiger partial charge in [0.1, 0.15) is 17.1 Å². The van der Waals surface area contributed by atoms with E-state index in [2.05, 4.69) is 10.2 Å². The van der Waals surface area contributed by atoms with E-state index in [1.807, 2.05) is 36.4 Å². The molecule has 6 rings (SSSR count). The van der Waals surface area contributed by atoms with Gasteiger partial charge in [0.2, 0.25) is 5.91 Å². The summed E-state index contributed by atoms with van der Waals surface area (Å²) in [5.74, 6) is 0.426. The number of carbonyl (C=O) groups excluding carboxylic acids is 2. The first kappa shape index (κ1) is 27.9. The number of rotatable bonds is 6. The molecule has 5 aromatic rings. The van der Waals surface area contributed by atoms with Crippen molar-refractivity contribution < 1.29 is 31.6 Å². The molecular formula is C33H26F3N3O4. The minimum Gasteiger partial charge on any atom is -0.457 e. The van der Waals surface area contributed by atoms with Crippen LogP contribution in [-0.2, 0) is 11.0 Å². The van der Waals surface area contributed by atoms with E-state index in [-0.39, 0.29) is 17.6 Å². The molecular weight excluding hydrogens is 559 g/mol. The molecule has 0 bridgehead atoms. The first-order valence-corrected chi connectivity index (χ1v) is 13.6. The van der Waals surface area contributed by atoms with Gasteiger partial charge in [0.25, 0.3) is 5.91 Å². The molecule has 218 valence electrons. The van der Waals surface area contributed by atoms with E-state index < -0.39 is 11.7 Å². The lowest BCUT2D eigenvalue weighted by molar-refractivity contribution is -0.137. The number of fused-ring (bicyclic) bond motifs is 1. The zero-order valence-electron chi connectivity index (χ0n) is 22.8. The number of anilines is 2. The van der Waals surface area contributed by atoms with Crippen molar-refractivity contribution in [3.63, 3.8) is 0 Å². The topological polar surface area (TPSA) is 78.9 Å². The van der Waals surface area contributed by atoms with Crippen LogP contribution in [0, 0.1) is 0 Å². The SMILES string of the molecule is O=C(/C=C/c1ccc(-c2cccc(C(F)(F)F)c2)o1)Nc1ccc(N2CCN(C(=O)c3cc4ccccc4o3)CC2)cc1. The summed E-state index contributed by atoms with van der Waals surface area (Å²) >= 11 is 0. The molecule has 0 aliphatic carbocycles. The van der Waals surface area contributed by atoms with Gasteiger partial charge in [-0.25, -0.2) is 0 Å². The van der Waals surface area contributed by atoms with E-state index in [4.69, 9.17) is 8.83 Å². The first-order valence-electron chi connectivity index (χ1n) is 13.6. The zero-order chi connectivity index (χ0) is 30.0. The molecule has 1 aliphatic heterocycles. The second-order valence-corrected chi connectivity index (χ2v) is 10.1. The highest BCUT2D eigenvalue weighted by Gasteiger charge is 2.30. The maximum atomic E-state index is 13.0. The summed E-state index contributed by atoms with van der Waals surface area (Å²) in [5.41, 5.74) is 1.79. The number of nitrogens with one attached hydrogen (secondary N) is 1. The summed E-state index contributed by atoms with van der Waals surface area (Å²) in [6.07, 6.45) is -1.71. The number of benzene rings is 3. The van der Waals surface area contributed by atoms with E-state index >= 15 is 0 Å². The highest BCUT2D eigenvalue weighted by molar-refractivity contribution is 6.02. The Morgan fingerprint density at radius 2 is 1.58 bits per heavy atom. The second-order valence-electron chi connectivity index (χ2n) is 10.1. The molecule has 43 heavy (non-hydrogen) atoms. The Morgan fingerprint density at radius 1 is 0.814 bits per heavy atom. The minimum atomic E-state index is -4.45. The van der Waals surface area contributed by atoms with Crippen LogP contribution in [0.4, 0.5) is 24.5 Å². The van der Waals surface area contributed by atoms with Gasteiger partial charge >= 0.3 is 6.18 Å². The summed E-state index contributed by atoms with van der Waals surface area (Å²) in [7, 11) is 0. The van der Waals surface area contributed by atoms with Gasteiger partial charge in [0, 0.05) is 54.6 Å². The summed E-state index contributed by atoms with van der Waals surface area (Å²) in [4.78, 5) is 29.4. The summed E-state index contributed by atoms with van der Waals surface area (Å²) in [6.45, 7) is 2.43. The number of hydrogen-bond acceptors (Lipinski definition) is 5. The lowest BCUT2D eigenvalue weighted by atomic mass is 10.1. The number of halogens is 3. The fourth-order valence-corrected chi connectivity index (χ4v) is 4.95. The summed E-state index contributed by atoms with van der Waals surface area (Å²) in [5, 5.41) is 3.68. The van der Waals surface area contributed by atoms with Crippen LogP contribution in [0.5, 0.6) is 0 Å². The highest BCUT2D eigenvalue weighted by atomic mass is 19.4. The van der Waals surface area contributed by atoms with Crippen LogP contribution in [0.3, 0.4) is 0 Å². The molecule has 2 aromatic heterocycles. The van der Waals surface area contributed by atoms with E-state index in [1.54, 1.807) is 35.2 Å². The van der Waals surface area contributed by atoms with Gasteiger partial charge in [-0.05, 0) is 66.7 Å². The molecule has 10 heteroatoms. The van der Waals surface area contributed by atoms with Crippen molar-refractivity contribution in [2.24, 2.45) is 0 Å². The fraction of sp³-hybridized carbons (Fsp3) is 0.152. The Bertz CT molecular complexity index is 1760. The van der Waals surface area contributed by atoms with Crippen LogP contribution in [0.1, 0.15) is 21.9 Å². The average Bonchev–Trinajstić information content (AvgIpc) is 3.68. The second kappa shape index (κ2) is 11.6. The highest BCUT2D eigenvalue weighted by Crippen LogP contribution is 2.33. The first-order chi connectivity index (χ1) is 20.7. The van der Waals surface area contributed by atoms with Gasteiger partial charge in [-0.3, -0.25) is 9.59 Å². The quantitative estimate of drug-likeness (QED) is 0.211. The van der Waals surface area contributed by atoms with Gasteiger partial charge in [-0.2, -0.15) is 13.2 Å². The molecule has 1 N–H and O–H groups in total. The number of furan rings is 2. The average molecular weight is 586 g/mol. The molecule has 1 saturated heterocycles. The number of amides is 2. The zero-order valence-corrected chi connectivity index (χ0v) is 22.8. The largest absolute Gasteiger partial charge is 0.457 e. The third kappa shape index (κ3) is 6.33. The van der Waals surface area contributed by atoms with Crippen molar-refractivity contribution in [3.8, 4) is 11.3 Å². The van der Waals surface area contributed by atoms with Crippen molar-refractivity contribution in [3.05, 3.63) is 114 Å². The van der Waals surface area contributed by atoms with Crippen molar-refractivity contribution in [1.29, 1.82) is 0 Å². The van der Waals surface area contributed by atoms with Crippen LogP contribution in [-0.4, -0.2) is 42.9 Å². The Hall–Kier alpha value is -5.25. The van der Waals surface area contributed by atoms with Crippen molar-refractivity contribution >= 4 is 40.2 Å². The fourth-order valence-electron chi connectivity index (χ4n) is 4.95. The molecule has 3 heterocycles. The van der Waals surface area contributed by atoms with E-state index in [0.717, 1.165) is 23.2 Å². The van der Waals surface area contributed by atoms with Crippen molar-refractivity contribution in [2.75, 3.05) is 36.4 Å². The van der Waals surface area contributed by atoms with Crippen molar-refractivity contribution in [1.82, 2.24) is 4.90 Å². The molecule has 1 fully saturated rings. The molecule has 0 spiro atoms. The van der Waals surface area contributed by atoms with Gasteiger partial charge in [0.05, 0.1) is 5.56 Å². The van der Waals surface area contributed by atoms with Gasteiger partial charge in [-0.15, -0.1) is 0 Å². The minimum absolute atomic E-state index is 0.122. The maximum Gasteiger partial charge on any atom is 0.416 e. The Kier molecular flexibility index (Phi) is 7.50. The van der Waals surface area contributed by atoms with Crippen molar-refractivity contribution in [2.45, 2.75) is 6.18 Å². The number of alkyl halides is 3. The van der Waals surface area contributed by atoms with E-state index in [1.165, 1.54) is 24.3 Å². The van der Waals surface area contributed by atoms with Gasteiger partial charge in [0.15, 0.2) is 5.76 Å². The standard InChI is InChI=1S/C33H26F3N3O4/c34-33(35,36)24-6-3-5-22(20-24)29-14-12-27(42-29)13-15-31(40)37-25-8-10-26(11-9-25)38-16-18-39(19-17-38)32(41)30-21-23-4-1-2-7-28(23)43-30/h1-15,20-21H,16-19H2,(H,37,40)/b15-13+. The van der Waals surface area contributed by atoms with Gasteiger partial charge < -0.3 is 24.0 Å². The molecule has 0 unspecified atom stereocenters. The van der Waals surface area contributed by atoms with Crippen LogP contribution in [0.15, 0.2) is 106 Å². The summed E-state index contributed by atoms with van der Waals surface area (Å²) in [6, 6.07) is 24.7. The predicted molar refractivity (Wildman–Crippen MR) is 158 cm³/mol. The Morgan fingerprint density at radius 3 is 2.33 bits per heavy atom. The number of para-hydroxylation sites is 1. The number of hydrogen-bond donors (Lipinski definition) is 1. The third-order valence-electron chi connectivity index (χ3n) is 7.20. The molecule has 0 atom stereocenters. The van der Waals surface area contributed by atoms with Crippen LogP contribution >= 0.6 is 0 Å². The maximum absolute atomic E-state index is 13.0. The van der Waals surface area contributed by atoms with E-state index in [9.17, 15) is 22.8 Å². The molecule has 3 aromatic carbocycles. The third-order valence-corrected chi connectivity index (χ3v) is 7.20. The van der Waals surface area contributed by atoms with Gasteiger partial charge in [-0.1, -0.05) is 30.3 Å².